The molecule has 2 rings (SSSR count). The van der Waals surface area contributed by atoms with E-state index in [2.05, 4.69) is 20.3 Å². The van der Waals surface area contributed by atoms with Crippen LogP contribution < -0.4 is 11.1 Å². The maximum Gasteiger partial charge on any atom is 0.281 e. The number of nitrogens with two attached hydrogens (primary N) is 1. The Morgan fingerprint density at radius 3 is 2.85 bits per heavy atom. The van der Waals surface area contributed by atoms with E-state index >= 15 is 0 Å². The van der Waals surface area contributed by atoms with Crippen LogP contribution in [-0.2, 0) is 11.2 Å². The first kappa shape index (κ1) is 18.8. The van der Waals surface area contributed by atoms with E-state index in [-0.39, 0.29) is 30.3 Å². The average Bonchev–Trinajstić information content (AvgIpc) is 2.63. The average molecular weight is 356 g/mol. The Kier molecular flexibility index (Phi) is 6.16. The highest BCUT2D eigenvalue weighted by Gasteiger charge is 2.13. The van der Waals surface area contributed by atoms with Gasteiger partial charge in [-0.05, 0) is 24.6 Å². The molecule has 0 saturated heterocycles. The van der Waals surface area contributed by atoms with Crippen LogP contribution in [0.1, 0.15) is 27.2 Å². The van der Waals surface area contributed by atoms with Crippen LogP contribution in [0.5, 0.6) is 0 Å². The summed E-state index contributed by atoms with van der Waals surface area (Å²) < 4.78 is 18.9. The van der Waals surface area contributed by atoms with Gasteiger partial charge in [-0.1, -0.05) is 0 Å². The third-order valence-corrected chi connectivity index (χ3v) is 3.43. The Hall–Kier alpha value is -3.54. The number of carbonyl (C=O) groups is 1. The summed E-state index contributed by atoms with van der Waals surface area (Å²) in [7, 11) is 1.48. The normalized spacial score (nSPS) is 10.9. The lowest BCUT2D eigenvalue weighted by atomic mass is 10.1. The van der Waals surface area contributed by atoms with Crippen molar-refractivity contribution in [2.45, 2.75) is 13.3 Å². The number of nitrogens with one attached hydrogen (secondary N) is 1. The van der Waals surface area contributed by atoms with Crippen molar-refractivity contribution < 1.29 is 13.9 Å². The monoisotopic (exact) mass is 356 g/mol. The zero-order valence-corrected chi connectivity index (χ0v) is 14.3. The lowest BCUT2D eigenvalue weighted by Crippen LogP contribution is -2.18. The number of pyridine rings is 2. The SMILES string of the molecule is CN=C(N)OCCc1cc(NC(=O)c2ncc(C#N)cc2C)cnc1F. The minimum atomic E-state index is -0.661. The maximum atomic E-state index is 13.8. The number of aliphatic imine (C=N–C) groups is 1. The van der Waals surface area contributed by atoms with Gasteiger partial charge in [0.1, 0.15) is 11.8 Å². The van der Waals surface area contributed by atoms with Gasteiger partial charge in [0.25, 0.3) is 11.9 Å². The van der Waals surface area contributed by atoms with Crippen molar-refractivity contribution in [2.24, 2.45) is 10.7 Å². The van der Waals surface area contributed by atoms with Crippen LogP contribution >= 0.6 is 0 Å². The molecular formula is C17H17FN6O2. The van der Waals surface area contributed by atoms with Crippen LogP contribution in [0, 0.1) is 24.2 Å². The molecule has 0 saturated carbocycles. The van der Waals surface area contributed by atoms with Gasteiger partial charge in [0.2, 0.25) is 5.95 Å². The Morgan fingerprint density at radius 2 is 2.19 bits per heavy atom. The minimum Gasteiger partial charge on any atom is -0.465 e. The molecule has 0 aliphatic carbocycles. The second-order valence-corrected chi connectivity index (χ2v) is 5.29. The van der Waals surface area contributed by atoms with Crippen molar-refractivity contribution in [1.82, 2.24) is 9.97 Å². The van der Waals surface area contributed by atoms with Gasteiger partial charge in [-0.15, -0.1) is 0 Å². The molecule has 0 aliphatic rings. The first-order chi connectivity index (χ1) is 12.4. The van der Waals surface area contributed by atoms with Crippen molar-refractivity contribution in [3.05, 3.63) is 52.9 Å². The molecule has 0 unspecified atom stereocenters. The number of rotatable bonds is 5. The minimum absolute atomic E-state index is 0.00481. The standard InChI is InChI=1S/C17H17FN6O2/c1-10-5-11(7-19)8-22-14(10)16(25)24-13-6-12(15(18)23-9-13)3-4-26-17(20)21-2/h5-6,8-9H,3-4H2,1-2H3,(H2,20,21)(H,24,25). The molecule has 1 amide bonds. The number of amidine groups is 1. The quantitative estimate of drug-likeness (QED) is 0.475. The summed E-state index contributed by atoms with van der Waals surface area (Å²) in [4.78, 5) is 23.6. The van der Waals surface area contributed by atoms with Crippen molar-refractivity contribution in [1.29, 1.82) is 5.26 Å². The van der Waals surface area contributed by atoms with Crippen LogP contribution in [0.25, 0.3) is 0 Å². The van der Waals surface area contributed by atoms with E-state index in [1.807, 2.05) is 6.07 Å². The van der Waals surface area contributed by atoms with Crippen LogP contribution in [0.3, 0.4) is 0 Å². The highest BCUT2D eigenvalue weighted by molar-refractivity contribution is 6.03. The highest BCUT2D eigenvalue weighted by atomic mass is 19.1. The van der Waals surface area contributed by atoms with E-state index in [1.165, 1.54) is 25.5 Å². The molecule has 2 aromatic rings. The Labute approximate surface area is 149 Å². The molecule has 0 aromatic carbocycles. The van der Waals surface area contributed by atoms with E-state index < -0.39 is 11.9 Å². The summed E-state index contributed by atoms with van der Waals surface area (Å²) >= 11 is 0. The fourth-order valence-electron chi connectivity index (χ4n) is 2.13. The molecule has 0 atom stereocenters. The molecule has 134 valence electrons. The number of hydrogen-bond acceptors (Lipinski definition) is 6. The van der Waals surface area contributed by atoms with E-state index in [9.17, 15) is 9.18 Å². The van der Waals surface area contributed by atoms with Gasteiger partial charge in [-0.3, -0.25) is 4.79 Å². The number of aryl methyl sites for hydroxylation is 1. The summed E-state index contributed by atoms with van der Waals surface area (Å²) in [6.45, 7) is 1.80. The second kappa shape index (κ2) is 8.53. The lowest BCUT2D eigenvalue weighted by Gasteiger charge is -2.09. The number of nitrogens with zero attached hydrogens (tertiary/aromatic N) is 4. The third kappa shape index (κ3) is 4.73. The van der Waals surface area contributed by atoms with Crippen LogP contribution in [0.15, 0.2) is 29.5 Å². The predicted octanol–water partition coefficient (Wildman–Crippen LogP) is 1.55. The molecule has 0 spiro atoms. The zero-order valence-electron chi connectivity index (χ0n) is 14.3. The number of ether oxygens (including phenoxy) is 1. The van der Waals surface area contributed by atoms with E-state index in [4.69, 9.17) is 15.7 Å². The van der Waals surface area contributed by atoms with Crippen molar-refractivity contribution in [2.75, 3.05) is 19.0 Å². The van der Waals surface area contributed by atoms with Gasteiger partial charge in [0.15, 0.2) is 0 Å². The number of halogens is 1. The Bertz CT molecular complexity index is 891. The molecule has 2 aromatic heterocycles. The van der Waals surface area contributed by atoms with Gasteiger partial charge in [-0.25, -0.2) is 15.0 Å². The van der Waals surface area contributed by atoms with Gasteiger partial charge < -0.3 is 15.8 Å². The predicted molar refractivity (Wildman–Crippen MR) is 93.0 cm³/mol. The van der Waals surface area contributed by atoms with Gasteiger partial charge in [0.05, 0.1) is 24.1 Å². The number of anilines is 1. The zero-order chi connectivity index (χ0) is 19.1. The first-order valence-electron chi connectivity index (χ1n) is 7.62. The number of hydrogen-bond donors (Lipinski definition) is 2. The fourth-order valence-corrected chi connectivity index (χ4v) is 2.13. The van der Waals surface area contributed by atoms with Gasteiger partial charge in [0, 0.05) is 25.2 Å². The summed E-state index contributed by atoms with van der Waals surface area (Å²) in [5.41, 5.74) is 7.07. The first-order valence-corrected chi connectivity index (χ1v) is 7.62. The molecule has 26 heavy (non-hydrogen) atoms. The number of nitriles is 1. The van der Waals surface area contributed by atoms with Crippen molar-refractivity contribution in [3.8, 4) is 6.07 Å². The van der Waals surface area contributed by atoms with Crippen molar-refractivity contribution >= 4 is 17.6 Å². The second-order valence-electron chi connectivity index (χ2n) is 5.29. The number of carbonyl (C=O) groups excluding carboxylic acids is 1. The van der Waals surface area contributed by atoms with Crippen molar-refractivity contribution in [3.63, 3.8) is 0 Å². The summed E-state index contributed by atoms with van der Waals surface area (Å²) in [6, 6.07) is 4.98. The van der Waals surface area contributed by atoms with E-state index in [0.717, 1.165) is 0 Å². The lowest BCUT2D eigenvalue weighted by molar-refractivity contribution is 0.102. The van der Waals surface area contributed by atoms with Gasteiger partial charge >= 0.3 is 0 Å². The molecule has 0 fully saturated rings. The topological polar surface area (TPSA) is 126 Å². The largest absolute Gasteiger partial charge is 0.465 e. The number of amides is 1. The summed E-state index contributed by atoms with van der Waals surface area (Å²) in [6.07, 6.45) is 2.72. The van der Waals surface area contributed by atoms with Gasteiger partial charge in [-0.2, -0.15) is 9.65 Å². The molecule has 0 aliphatic heterocycles. The molecule has 3 N–H and O–H groups in total. The van der Waals surface area contributed by atoms with Crippen LogP contribution in [-0.4, -0.2) is 35.6 Å². The Balaban J connectivity index is 2.11. The smallest absolute Gasteiger partial charge is 0.281 e. The van der Waals surface area contributed by atoms with Crippen LogP contribution in [0.4, 0.5) is 10.1 Å². The molecule has 9 heteroatoms. The molecular weight excluding hydrogens is 339 g/mol. The fraction of sp³-hybridized carbons (Fsp3) is 0.235. The number of aromatic nitrogens is 2. The third-order valence-electron chi connectivity index (χ3n) is 3.43. The molecule has 0 radical (unpaired) electrons. The summed E-state index contributed by atoms with van der Waals surface area (Å²) in [5.74, 6) is -1.14. The highest BCUT2D eigenvalue weighted by Crippen LogP contribution is 2.15. The summed E-state index contributed by atoms with van der Waals surface area (Å²) in [5, 5.41) is 11.5. The molecule has 0 bridgehead atoms. The molecule has 2 heterocycles. The van der Waals surface area contributed by atoms with E-state index in [0.29, 0.717) is 16.8 Å². The van der Waals surface area contributed by atoms with Crippen LogP contribution in [0.2, 0.25) is 0 Å². The van der Waals surface area contributed by atoms with E-state index in [1.54, 1.807) is 13.0 Å². The Morgan fingerprint density at radius 1 is 1.42 bits per heavy atom. The molecule has 8 nitrogen and oxygen atoms in total. The maximum absolute atomic E-state index is 13.8.